The first-order chi connectivity index (χ1) is 8.79. The number of hydrogen-bond acceptors (Lipinski definition) is 2. The molecule has 1 aliphatic heterocycles. The molecule has 2 rings (SSSR count). The van der Waals surface area contributed by atoms with Gasteiger partial charge in [-0.3, -0.25) is 0 Å². The molecular formula is C15H22ClNO. The third kappa shape index (κ3) is 3.89. The van der Waals surface area contributed by atoms with Crippen molar-refractivity contribution < 1.29 is 4.74 Å². The van der Waals surface area contributed by atoms with Gasteiger partial charge < -0.3 is 10.1 Å². The highest BCUT2D eigenvalue weighted by Crippen LogP contribution is 2.23. The monoisotopic (exact) mass is 267 g/mol. The molecule has 2 nitrogen and oxygen atoms in total. The van der Waals surface area contributed by atoms with E-state index in [2.05, 4.69) is 12.2 Å². The fourth-order valence-electron chi connectivity index (χ4n) is 2.45. The van der Waals surface area contributed by atoms with E-state index in [1.54, 1.807) is 0 Å². The Balaban J connectivity index is 1.82. The van der Waals surface area contributed by atoms with Gasteiger partial charge in [0.25, 0.3) is 0 Å². The molecule has 0 aliphatic carbocycles. The largest absolute Gasteiger partial charge is 0.493 e. The van der Waals surface area contributed by atoms with E-state index in [1.165, 1.54) is 24.8 Å². The smallest absolute Gasteiger partial charge is 0.122 e. The van der Waals surface area contributed by atoms with Gasteiger partial charge in [0.1, 0.15) is 5.75 Å². The van der Waals surface area contributed by atoms with E-state index in [1.807, 2.05) is 18.2 Å². The second-order valence-corrected chi connectivity index (χ2v) is 5.33. The molecule has 1 aromatic carbocycles. The molecule has 3 heteroatoms. The van der Waals surface area contributed by atoms with Crippen LogP contribution in [0, 0.1) is 0 Å². The Bertz CT molecular complexity index is 375. The highest BCUT2D eigenvalue weighted by molar-refractivity contribution is 6.30. The lowest BCUT2D eigenvalue weighted by Crippen LogP contribution is -2.35. The van der Waals surface area contributed by atoms with Gasteiger partial charge in [-0.15, -0.1) is 0 Å². The molecule has 1 saturated heterocycles. The molecular weight excluding hydrogens is 246 g/mol. The molecule has 1 heterocycles. The fraction of sp³-hybridized carbons (Fsp3) is 0.600. The minimum atomic E-state index is 0.635. The van der Waals surface area contributed by atoms with Gasteiger partial charge in [0.15, 0.2) is 0 Å². The molecule has 0 aromatic heterocycles. The van der Waals surface area contributed by atoms with Crippen molar-refractivity contribution in [1.29, 1.82) is 0 Å². The summed E-state index contributed by atoms with van der Waals surface area (Å²) in [6.45, 7) is 4.07. The van der Waals surface area contributed by atoms with Crippen molar-refractivity contribution in [3.05, 3.63) is 28.8 Å². The van der Waals surface area contributed by atoms with Crippen molar-refractivity contribution in [2.45, 2.75) is 45.1 Å². The van der Waals surface area contributed by atoms with Crippen LogP contribution >= 0.6 is 11.6 Å². The van der Waals surface area contributed by atoms with Gasteiger partial charge in [0.2, 0.25) is 0 Å². The number of rotatable bonds is 5. The van der Waals surface area contributed by atoms with E-state index in [9.17, 15) is 0 Å². The van der Waals surface area contributed by atoms with E-state index in [0.29, 0.717) is 6.04 Å². The summed E-state index contributed by atoms with van der Waals surface area (Å²) in [5, 5.41) is 4.33. The maximum absolute atomic E-state index is 5.99. The minimum absolute atomic E-state index is 0.635. The van der Waals surface area contributed by atoms with Crippen molar-refractivity contribution in [1.82, 2.24) is 5.32 Å². The third-order valence-corrected chi connectivity index (χ3v) is 3.77. The van der Waals surface area contributed by atoms with E-state index in [-0.39, 0.29) is 0 Å². The van der Waals surface area contributed by atoms with Gasteiger partial charge in [-0.2, -0.15) is 0 Å². The van der Waals surface area contributed by atoms with Gasteiger partial charge in [-0.25, -0.2) is 0 Å². The maximum Gasteiger partial charge on any atom is 0.122 e. The lowest BCUT2D eigenvalue weighted by atomic mass is 10.0. The number of aryl methyl sites for hydroxylation is 1. The molecule has 0 amide bonds. The van der Waals surface area contributed by atoms with E-state index in [4.69, 9.17) is 16.3 Å². The van der Waals surface area contributed by atoms with E-state index in [0.717, 1.165) is 36.8 Å². The second kappa shape index (κ2) is 7.01. The standard InChI is InChI=1S/C15H22ClNO/c1-2-12-11-13(16)6-7-15(12)18-10-8-14-5-3-4-9-17-14/h6-7,11,14,17H,2-5,8-10H2,1H3. The Morgan fingerprint density at radius 2 is 2.28 bits per heavy atom. The molecule has 1 atom stereocenters. The zero-order chi connectivity index (χ0) is 12.8. The predicted molar refractivity (Wildman–Crippen MR) is 76.6 cm³/mol. The zero-order valence-corrected chi connectivity index (χ0v) is 11.8. The molecule has 100 valence electrons. The SMILES string of the molecule is CCc1cc(Cl)ccc1OCCC1CCCCN1. The molecule has 1 N–H and O–H groups in total. The lowest BCUT2D eigenvalue weighted by Gasteiger charge is -2.23. The lowest BCUT2D eigenvalue weighted by molar-refractivity contribution is 0.266. The summed E-state index contributed by atoms with van der Waals surface area (Å²) < 4.78 is 5.89. The van der Waals surface area contributed by atoms with Crippen LogP contribution in [0.25, 0.3) is 0 Å². The normalized spacial score (nSPS) is 19.8. The van der Waals surface area contributed by atoms with Crippen molar-refractivity contribution in [3.8, 4) is 5.75 Å². The van der Waals surface area contributed by atoms with Crippen LogP contribution in [-0.2, 0) is 6.42 Å². The highest BCUT2D eigenvalue weighted by Gasteiger charge is 2.12. The number of nitrogens with one attached hydrogen (secondary N) is 1. The van der Waals surface area contributed by atoms with Crippen molar-refractivity contribution >= 4 is 11.6 Å². The Morgan fingerprint density at radius 1 is 1.39 bits per heavy atom. The first kappa shape index (κ1) is 13.7. The van der Waals surface area contributed by atoms with E-state index < -0.39 is 0 Å². The van der Waals surface area contributed by atoms with Gasteiger partial charge >= 0.3 is 0 Å². The van der Waals surface area contributed by atoms with E-state index >= 15 is 0 Å². The summed E-state index contributed by atoms with van der Waals surface area (Å²) >= 11 is 5.99. The van der Waals surface area contributed by atoms with Crippen LogP contribution in [0.4, 0.5) is 0 Å². The van der Waals surface area contributed by atoms with Gasteiger partial charge in [-0.05, 0) is 56.0 Å². The minimum Gasteiger partial charge on any atom is -0.493 e. The Labute approximate surface area is 115 Å². The number of ether oxygens (including phenoxy) is 1. The summed E-state index contributed by atoms with van der Waals surface area (Å²) in [5.41, 5.74) is 1.19. The number of benzene rings is 1. The number of piperidine rings is 1. The fourth-order valence-corrected chi connectivity index (χ4v) is 2.64. The number of halogens is 1. The molecule has 0 spiro atoms. The average molecular weight is 268 g/mol. The Morgan fingerprint density at radius 3 is 3.00 bits per heavy atom. The summed E-state index contributed by atoms with van der Waals surface area (Å²) in [6, 6.07) is 6.51. The van der Waals surface area contributed by atoms with Gasteiger partial charge in [0, 0.05) is 11.1 Å². The van der Waals surface area contributed by atoms with Crippen molar-refractivity contribution in [3.63, 3.8) is 0 Å². The highest BCUT2D eigenvalue weighted by atomic mass is 35.5. The van der Waals surface area contributed by atoms with Gasteiger partial charge in [-0.1, -0.05) is 24.9 Å². The maximum atomic E-state index is 5.99. The van der Waals surface area contributed by atoms with Crippen molar-refractivity contribution in [2.24, 2.45) is 0 Å². The molecule has 1 unspecified atom stereocenters. The first-order valence-corrected chi connectivity index (χ1v) is 7.32. The Kier molecular flexibility index (Phi) is 5.33. The average Bonchev–Trinajstić information content (AvgIpc) is 2.41. The van der Waals surface area contributed by atoms with Gasteiger partial charge in [0.05, 0.1) is 6.61 Å². The quantitative estimate of drug-likeness (QED) is 0.876. The van der Waals surface area contributed by atoms with Crippen LogP contribution < -0.4 is 10.1 Å². The van der Waals surface area contributed by atoms with Crippen LogP contribution in [0.15, 0.2) is 18.2 Å². The topological polar surface area (TPSA) is 21.3 Å². The predicted octanol–water partition coefficient (Wildman–Crippen LogP) is 3.81. The molecule has 1 aliphatic rings. The Hall–Kier alpha value is -0.730. The summed E-state index contributed by atoms with van der Waals surface area (Å²) in [5.74, 6) is 0.984. The van der Waals surface area contributed by atoms with Crippen LogP contribution in [0.2, 0.25) is 5.02 Å². The van der Waals surface area contributed by atoms with Crippen LogP contribution in [0.3, 0.4) is 0 Å². The third-order valence-electron chi connectivity index (χ3n) is 3.54. The summed E-state index contributed by atoms with van der Waals surface area (Å²) in [4.78, 5) is 0. The number of hydrogen-bond donors (Lipinski definition) is 1. The molecule has 1 aromatic rings. The molecule has 1 fully saturated rings. The summed E-state index contributed by atoms with van der Waals surface area (Å²) in [7, 11) is 0. The van der Waals surface area contributed by atoms with Crippen LogP contribution in [0.5, 0.6) is 5.75 Å². The molecule has 18 heavy (non-hydrogen) atoms. The van der Waals surface area contributed by atoms with Crippen LogP contribution in [0.1, 0.15) is 38.2 Å². The van der Waals surface area contributed by atoms with Crippen molar-refractivity contribution in [2.75, 3.05) is 13.2 Å². The summed E-state index contributed by atoms with van der Waals surface area (Å²) in [6.07, 6.45) is 5.99. The molecule has 0 saturated carbocycles. The van der Waals surface area contributed by atoms with Crippen LogP contribution in [-0.4, -0.2) is 19.2 Å². The first-order valence-electron chi connectivity index (χ1n) is 6.94. The second-order valence-electron chi connectivity index (χ2n) is 4.89. The zero-order valence-electron chi connectivity index (χ0n) is 11.0. The molecule has 0 radical (unpaired) electrons. The molecule has 0 bridgehead atoms.